The van der Waals surface area contributed by atoms with Gasteiger partial charge in [-0.25, -0.2) is 4.68 Å². The topological polar surface area (TPSA) is 53.4 Å². The quantitative estimate of drug-likeness (QED) is 0.790. The van der Waals surface area contributed by atoms with Gasteiger partial charge in [0.2, 0.25) is 0 Å². The smallest absolute Gasteiger partial charge is 0.155 e. The van der Waals surface area contributed by atoms with Gasteiger partial charge in [-0.3, -0.25) is 4.79 Å². The maximum Gasteiger partial charge on any atom is 0.155 e. The van der Waals surface area contributed by atoms with Gasteiger partial charge in [-0.15, -0.1) is 0 Å². The summed E-state index contributed by atoms with van der Waals surface area (Å²) in [7, 11) is 3.12. The van der Waals surface area contributed by atoms with E-state index < -0.39 is 0 Å². The molecule has 0 fully saturated rings. The average Bonchev–Trinajstić information content (AvgIpc) is 2.75. The highest BCUT2D eigenvalue weighted by Gasteiger charge is 2.16. The molecule has 2 aromatic rings. The lowest BCUT2D eigenvalue weighted by atomic mass is 10.3. The highest BCUT2D eigenvalue weighted by atomic mass is 35.5. The highest BCUT2D eigenvalue weighted by Crippen LogP contribution is 2.24. The van der Waals surface area contributed by atoms with Gasteiger partial charge >= 0.3 is 0 Å². The van der Waals surface area contributed by atoms with Crippen LogP contribution in [0.5, 0.6) is 5.75 Å². The largest absolute Gasteiger partial charge is 0.497 e. The number of methoxy groups -OCH3 is 2. The predicted molar refractivity (Wildman–Crippen MR) is 71.2 cm³/mol. The molecule has 100 valence electrons. The van der Waals surface area contributed by atoms with E-state index in [-0.39, 0.29) is 11.8 Å². The molecule has 6 heteroatoms. The molecule has 0 radical (unpaired) electrons. The maximum absolute atomic E-state index is 11.1. The normalized spacial score (nSPS) is 10.5. The molecule has 5 nitrogen and oxygen atoms in total. The summed E-state index contributed by atoms with van der Waals surface area (Å²) < 4.78 is 11.6. The molecule has 0 saturated carbocycles. The standard InChI is InChI=1S/C13H13ClN2O3/c1-18-8-12-11(7-17)13(14)16(15-12)9-4-3-5-10(6-9)19-2/h3-7H,8H2,1-2H3. The van der Waals surface area contributed by atoms with Crippen LogP contribution < -0.4 is 4.74 Å². The van der Waals surface area contributed by atoms with Crippen molar-refractivity contribution < 1.29 is 14.3 Å². The fraction of sp³-hybridized carbons (Fsp3) is 0.231. The van der Waals surface area contributed by atoms with Crippen LogP contribution in [-0.2, 0) is 11.3 Å². The van der Waals surface area contributed by atoms with Crippen molar-refractivity contribution in [2.24, 2.45) is 0 Å². The van der Waals surface area contributed by atoms with Crippen molar-refractivity contribution in [3.05, 3.63) is 40.7 Å². The monoisotopic (exact) mass is 280 g/mol. The maximum atomic E-state index is 11.1. The van der Waals surface area contributed by atoms with Gasteiger partial charge in [-0.1, -0.05) is 17.7 Å². The molecule has 0 bridgehead atoms. The molecule has 1 aromatic carbocycles. The number of aromatic nitrogens is 2. The lowest BCUT2D eigenvalue weighted by molar-refractivity contribution is 0.111. The molecular formula is C13H13ClN2O3. The highest BCUT2D eigenvalue weighted by molar-refractivity contribution is 6.32. The van der Waals surface area contributed by atoms with E-state index in [1.807, 2.05) is 18.2 Å². The minimum Gasteiger partial charge on any atom is -0.497 e. The van der Waals surface area contributed by atoms with Crippen LogP contribution in [0.1, 0.15) is 16.1 Å². The number of carbonyl (C=O) groups excluding carboxylic acids is 1. The summed E-state index contributed by atoms with van der Waals surface area (Å²) >= 11 is 6.17. The summed E-state index contributed by atoms with van der Waals surface area (Å²) in [5, 5.41) is 4.55. The zero-order valence-electron chi connectivity index (χ0n) is 10.6. The summed E-state index contributed by atoms with van der Waals surface area (Å²) in [4.78, 5) is 11.1. The van der Waals surface area contributed by atoms with Gasteiger partial charge in [-0.05, 0) is 12.1 Å². The van der Waals surface area contributed by atoms with Crippen LogP contribution in [0.4, 0.5) is 0 Å². The number of halogens is 1. The van der Waals surface area contributed by atoms with Crippen LogP contribution in [0.3, 0.4) is 0 Å². The molecular weight excluding hydrogens is 268 g/mol. The Morgan fingerprint density at radius 1 is 1.42 bits per heavy atom. The Morgan fingerprint density at radius 3 is 2.84 bits per heavy atom. The molecule has 19 heavy (non-hydrogen) atoms. The van der Waals surface area contributed by atoms with Gasteiger partial charge in [-0.2, -0.15) is 5.10 Å². The minimum absolute atomic E-state index is 0.227. The van der Waals surface area contributed by atoms with E-state index in [9.17, 15) is 4.79 Å². The van der Waals surface area contributed by atoms with Crippen molar-refractivity contribution in [1.82, 2.24) is 9.78 Å². The third kappa shape index (κ3) is 2.62. The van der Waals surface area contributed by atoms with Gasteiger partial charge in [0.05, 0.1) is 25.0 Å². The number of benzene rings is 1. The molecule has 0 atom stereocenters. The van der Waals surface area contributed by atoms with Crippen LogP contribution in [0.15, 0.2) is 24.3 Å². The van der Waals surface area contributed by atoms with Crippen molar-refractivity contribution in [3.8, 4) is 11.4 Å². The third-order valence-electron chi connectivity index (χ3n) is 2.64. The summed E-state index contributed by atoms with van der Waals surface area (Å²) in [5.74, 6) is 0.685. The Hall–Kier alpha value is -1.85. The van der Waals surface area contributed by atoms with Crippen LogP contribution in [-0.4, -0.2) is 30.3 Å². The Labute approximate surface area is 115 Å². The molecule has 0 spiro atoms. The van der Waals surface area contributed by atoms with Crippen molar-refractivity contribution in [2.75, 3.05) is 14.2 Å². The van der Waals surface area contributed by atoms with Crippen molar-refractivity contribution in [3.63, 3.8) is 0 Å². The molecule has 0 aliphatic rings. The Balaban J connectivity index is 2.52. The second-order valence-electron chi connectivity index (χ2n) is 3.82. The lowest BCUT2D eigenvalue weighted by Gasteiger charge is -2.05. The van der Waals surface area contributed by atoms with Crippen LogP contribution >= 0.6 is 11.6 Å². The zero-order valence-corrected chi connectivity index (χ0v) is 11.3. The van der Waals surface area contributed by atoms with Gasteiger partial charge < -0.3 is 9.47 Å². The van der Waals surface area contributed by atoms with E-state index in [0.29, 0.717) is 23.3 Å². The predicted octanol–water partition coefficient (Wildman–Crippen LogP) is 2.49. The van der Waals surface area contributed by atoms with Gasteiger partial charge in [0.15, 0.2) is 6.29 Å². The number of hydrogen-bond acceptors (Lipinski definition) is 4. The van der Waals surface area contributed by atoms with Gasteiger partial charge in [0.25, 0.3) is 0 Å². The molecule has 0 aliphatic carbocycles. The summed E-state index contributed by atoms with van der Waals surface area (Å²) in [5.41, 5.74) is 1.56. The average molecular weight is 281 g/mol. The summed E-state index contributed by atoms with van der Waals surface area (Å²) in [6, 6.07) is 7.25. The van der Waals surface area contributed by atoms with E-state index in [4.69, 9.17) is 21.1 Å². The summed E-state index contributed by atoms with van der Waals surface area (Å²) in [6.45, 7) is 0.227. The van der Waals surface area contributed by atoms with E-state index in [1.54, 1.807) is 13.2 Å². The second-order valence-corrected chi connectivity index (χ2v) is 4.17. The molecule has 1 heterocycles. The van der Waals surface area contributed by atoms with E-state index >= 15 is 0 Å². The first-order valence-electron chi connectivity index (χ1n) is 5.57. The molecule has 0 amide bonds. The number of hydrogen-bond donors (Lipinski definition) is 0. The number of carbonyl (C=O) groups is 1. The van der Waals surface area contributed by atoms with Crippen LogP contribution in [0, 0.1) is 0 Å². The Kier molecular flexibility index (Phi) is 4.19. The van der Waals surface area contributed by atoms with Gasteiger partial charge in [0, 0.05) is 13.2 Å². The lowest BCUT2D eigenvalue weighted by Crippen LogP contribution is -1.98. The van der Waals surface area contributed by atoms with Gasteiger partial charge in [0.1, 0.15) is 16.6 Å². The van der Waals surface area contributed by atoms with Crippen LogP contribution in [0.2, 0.25) is 5.15 Å². The Morgan fingerprint density at radius 2 is 2.21 bits per heavy atom. The first kappa shape index (κ1) is 13.6. The van der Waals surface area contributed by atoms with E-state index in [0.717, 1.165) is 5.69 Å². The molecule has 2 rings (SSSR count). The van der Waals surface area contributed by atoms with Crippen LogP contribution in [0.25, 0.3) is 5.69 Å². The molecule has 0 N–H and O–H groups in total. The fourth-order valence-corrected chi connectivity index (χ4v) is 2.01. The fourth-order valence-electron chi connectivity index (χ4n) is 1.72. The number of rotatable bonds is 5. The number of nitrogens with zero attached hydrogens (tertiary/aromatic N) is 2. The molecule has 1 aromatic heterocycles. The van der Waals surface area contributed by atoms with Crippen molar-refractivity contribution in [2.45, 2.75) is 6.61 Å². The SMILES string of the molecule is COCc1nn(-c2cccc(OC)c2)c(Cl)c1C=O. The van der Waals surface area contributed by atoms with E-state index in [2.05, 4.69) is 5.10 Å². The number of ether oxygens (including phenoxy) is 2. The second kappa shape index (κ2) is 5.86. The molecule has 0 aliphatic heterocycles. The molecule has 0 saturated heterocycles. The summed E-state index contributed by atoms with van der Waals surface area (Å²) in [6.07, 6.45) is 0.681. The first-order valence-corrected chi connectivity index (χ1v) is 5.95. The Bertz CT molecular complexity index is 596. The third-order valence-corrected chi connectivity index (χ3v) is 3.00. The first-order chi connectivity index (χ1) is 9.21. The zero-order chi connectivity index (χ0) is 13.8. The van der Waals surface area contributed by atoms with E-state index in [1.165, 1.54) is 11.8 Å². The number of aldehydes is 1. The van der Waals surface area contributed by atoms with Crippen molar-refractivity contribution >= 4 is 17.9 Å². The van der Waals surface area contributed by atoms with Crippen molar-refractivity contribution in [1.29, 1.82) is 0 Å². The minimum atomic E-state index is 0.227. The molecule has 0 unspecified atom stereocenters.